The van der Waals surface area contributed by atoms with E-state index in [-0.39, 0.29) is 6.61 Å². The van der Waals surface area contributed by atoms with Crippen LogP contribution < -0.4 is 0 Å². The van der Waals surface area contributed by atoms with Gasteiger partial charge in [-0.05, 0) is 6.42 Å². The summed E-state index contributed by atoms with van der Waals surface area (Å²) in [6.45, 7) is 2.05. The summed E-state index contributed by atoms with van der Waals surface area (Å²) in [5.41, 5.74) is 0. The molecule has 0 aliphatic heterocycles. The molecule has 0 aliphatic carbocycles. The summed E-state index contributed by atoms with van der Waals surface area (Å²) in [6.07, 6.45) is -2.17. The zero-order valence-electron chi connectivity index (χ0n) is 10.6. The molecule has 0 rings (SSSR count). The molecule has 18 heavy (non-hydrogen) atoms. The summed E-state index contributed by atoms with van der Waals surface area (Å²) in [5.74, 6) is -1.50. The number of unbranched alkanes of at least 4 members (excludes halogenated alkanes) is 5. The van der Waals surface area contributed by atoms with Crippen molar-refractivity contribution in [3.63, 3.8) is 0 Å². The van der Waals surface area contributed by atoms with Crippen LogP contribution in [0.5, 0.6) is 0 Å². The smallest absolute Gasteiger partial charge is 0.415 e. The lowest BCUT2D eigenvalue weighted by molar-refractivity contribution is -0.224. The molecule has 0 aromatic carbocycles. The predicted octanol–water partition coefficient (Wildman–Crippen LogP) is 3.77. The van der Waals surface area contributed by atoms with E-state index in [4.69, 9.17) is 5.11 Å². The number of halogens is 3. The highest BCUT2D eigenvalue weighted by Crippen LogP contribution is 2.25. The summed E-state index contributed by atoms with van der Waals surface area (Å²) in [6, 6.07) is 0. The van der Waals surface area contributed by atoms with Crippen molar-refractivity contribution in [2.45, 2.75) is 64.1 Å². The van der Waals surface area contributed by atoms with E-state index in [1.54, 1.807) is 0 Å². The molecular formula is C12H21F3O3. The number of carboxylic acid groups (broad SMARTS) is 1. The topological polar surface area (TPSA) is 46.5 Å². The van der Waals surface area contributed by atoms with E-state index in [0.717, 1.165) is 32.1 Å². The molecule has 0 radical (unpaired) electrons. The summed E-state index contributed by atoms with van der Waals surface area (Å²) >= 11 is 0. The third-order valence-corrected chi connectivity index (χ3v) is 2.54. The maximum atomic E-state index is 12.4. The van der Waals surface area contributed by atoms with Crippen LogP contribution in [0, 0.1) is 0 Å². The van der Waals surface area contributed by atoms with Gasteiger partial charge < -0.3 is 9.84 Å². The van der Waals surface area contributed by atoms with Crippen LogP contribution in [0.1, 0.15) is 51.9 Å². The van der Waals surface area contributed by atoms with Gasteiger partial charge in [0.1, 0.15) is 0 Å². The number of carboxylic acids is 1. The molecule has 1 atom stereocenters. The Balaban J connectivity index is 3.74. The molecule has 1 N–H and O–H groups in total. The molecule has 3 nitrogen and oxygen atoms in total. The third-order valence-electron chi connectivity index (χ3n) is 2.54. The molecular weight excluding hydrogens is 249 g/mol. The fraction of sp³-hybridized carbons (Fsp3) is 0.917. The average Bonchev–Trinajstić information content (AvgIpc) is 2.24. The second-order valence-corrected chi connectivity index (χ2v) is 4.27. The van der Waals surface area contributed by atoms with Crippen LogP contribution in [0.4, 0.5) is 13.2 Å². The minimum absolute atomic E-state index is 0.0381. The van der Waals surface area contributed by atoms with Gasteiger partial charge in [-0.2, -0.15) is 13.2 Å². The van der Waals surface area contributed by atoms with E-state index >= 15 is 0 Å². The number of hydrogen-bond donors (Lipinski definition) is 1. The molecule has 0 aromatic rings. The Bertz CT molecular complexity index is 229. The van der Waals surface area contributed by atoms with Crippen LogP contribution in [0.3, 0.4) is 0 Å². The van der Waals surface area contributed by atoms with Crippen molar-refractivity contribution >= 4 is 5.97 Å². The summed E-state index contributed by atoms with van der Waals surface area (Å²) in [4.78, 5) is 10.3. The second-order valence-electron chi connectivity index (χ2n) is 4.27. The van der Waals surface area contributed by atoms with Gasteiger partial charge in [-0.3, -0.25) is 4.79 Å². The molecule has 0 heterocycles. The van der Waals surface area contributed by atoms with Gasteiger partial charge in [-0.1, -0.05) is 39.0 Å². The van der Waals surface area contributed by atoms with Gasteiger partial charge in [-0.25, -0.2) is 0 Å². The van der Waals surface area contributed by atoms with Gasteiger partial charge >= 0.3 is 12.1 Å². The fourth-order valence-electron chi connectivity index (χ4n) is 1.54. The largest absolute Gasteiger partial charge is 0.481 e. The third kappa shape index (κ3) is 9.27. The molecule has 0 fully saturated rings. The van der Waals surface area contributed by atoms with Crippen LogP contribution in [0.2, 0.25) is 0 Å². The highest BCUT2D eigenvalue weighted by molar-refractivity contribution is 5.67. The van der Waals surface area contributed by atoms with E-state index in [9.17, 15) is 18.0 Å². The SMILES string of the molecule is CCCCCCCCOC(CC(=O)O)C(F)(F)F. The summed E-state index contributed by atoms with van der Waals surface area (Å²) in [5, 5.41) is 8.37. The van der Waals surface area contributed by atoms with Crippen molar-refractivity contribution in [2.24, 2.45) is 0 Å². The second kappa shape index (κ2) is 9.19. The fourth-order valence-corrected chi connectivity index (χ4v) is 1.54. The molecule has 6 heteroatoms. The van der Waals surface area contributed by atoms with E-state index in [1.165, 1.54) is 0 Å². The normalized spacial score (nSPS) is 13.6. The van der Waals surface area contributed by atoms with Crippen LogP contribution >= 0.6 is 0 Å². The number of rotatable bonds is 10. The van der Waals surface area contributed by atoms with Crippen molar-refractivity contribution in [1.82, 2.24) is 0 Å². The van der Waals surface area contributed by atoms with Gasteiger partial charge in [-0.15, -0.1) is 0 Å². The van der Waals surface area contributed by atoms with Crippen LogP contribution in [-0.2, 0) is 9.53 Å². The molecule has 0 aromatic heterocycles. The standard InChI is InChI=1S/C12H21F3O3/c1-2-3-4-5-6-7-8-18-10(9-11(16)17)12(13,14)15/h10H,2-9H2,1H3,(H,16,17). The van der Waals surface area contributed by atoms with E-state index in [0.29, 0.717) is 6.42 Å². The zero-order valence-corrected chi connectivity index (χ0v) is 10.6. The maximum Gasteiger partial charge on any atom is 0.415 e. The number of alkyl halides is 3. The minimum Gasteiger partial charge on any atom is -0.481 e. The summed E-state index contributed by atoms with van der Waals surface area (Å²) < 4.78 is 41.7. The van der Waals surface area contributed by atoms with Crippen molar-refractivity contribution in [1.29, 1.82) is 0 Å². The number of hydrogen-bond acceptors (Lipinski definition) is 2. The lowest BCUT2D eigenvalue weighted by Gasteiger charge is -2.19. The molecule has 0 amide bonds. The molecule has 0 spiro atoms. The minimum atomic E-state index is -4.61. The first-order valence-electron chi connectivity index (χ1n) is 6.28. The summed E-state index contributed by atoms with van der Waals surface area (Å²) in [7, 11) is 0. The first-order chi connectivity index (χ1) is 8.38. The first-order valence-corrected chi connectivity index (χ1v) is 6.28. The molecule has 0 saturated carbocycles. The number of ether oxygens (including phenoxy) is 1. The first kappa shape index (κ1) is 17.2. The quantitative estimate of drug-likeness (QED) is 0.615. The lowest BCUT2D eigenvalue weighted by atomic mass is 10.1. The van der Waals surface area contributed by atoms with Gasteiger partial charge in [0.15, 0.2) is 6.10 Å². The molecule has 0 aliphatic rings. The molecule has 1 unspecified atom stereocenters. The van der Waals surface area contributed by atoms with Gasteiger partial charge in [0.2, 0.25) is 0 Å². The van der Waals surface area contributed by atoms with E-state index < -0.39 is 24.7 Å². The monoisotopic (exact) mass is 270 g/mol. The van der Waals surface area contributed by atoms with E-state index in [1.807, 2.05) is 0 Å². The molecule has 108 valence electrons. The average molecular weight is 270 g/mol. The Morgan fingerprint density at radius 3 is 2.22 bits per heavy atom. The lowest BCUT2D eigenvalue weighted by Crippen LogP contribution is -2.34. The molecule has 0 bridgehead atoms. The predicted molar refractivity (Wildman–Crippen MR) is 61.4 cm³/mol. The van der Waals surface area contributed by atoms with Crippen LogP contribution in [0.25, 0.3) is 0 Å². The van der Waals surface area contributed by atoms with Gasteiger partial charge in [0, 0.05) is 6.61 Å². The zero-order chi connectivity index (χ0) is 14.0. The van der Waals surface area contributed by atoms with Crippen LogP contribution in [-0.4, -0.2) is 30.0 Å². The Morgan fingerprint density at radius 2 is 1.72 bits per heavy atom. The Labute approximate surface area is 105 Å². The Kier molecular flexibility index (Phi) is 8.79. The van der Waals surface area contributed by atoms with Crippen molar-refractivity contribution in [2.75, 3.05) is 6.61 Å². The highest BCUT2D eigenvalue weighted by Gasteiger charge is 2.41. The Morgan fingerprint density at radius 1 is 1.17 bits per heavy atom. The molecule has 0 saturated heterocycles. The maximum absolute atomic E-state index is 12.4. The van der Waals surface area contributed by atoms with Crippen molar-refractivity contribution < 1.29 is 27.8 Å². The van der Waals surface area contributed by atoms with Crippen molar-refractivity contribution in [3.8, 4) is 0 Å². The highest BCUT2D eigenvalue weighted by atomic mass is 19.4. The van der Waals surface area contributed by atoms with E-state index in [2.05, 4.69) is 11.7 Å². The Hall–Kier alpha value is -0.780. The van der Waals surface area contributed by atoms with Gasteiger partial charge in [0.25, 0.3) is 0 Å². The number of carbonyl (C=O) groups is 1. The van der Waals surface area contributed by atoms with Crippen LogP contribution in [0.15, 0.2) is 0 Å². The number of aliphatic carboxylic acids is 1. The van der Waals surface area contributed by atoms with Gasteiger partial charge in [0.05, 0.1) is 6.42 Å². The van der Waals surface area contributed by atoms with Crippen molar-refractivity contribution in [3.05, 3.63) is 0 Å².